The number of aromatic nitrogens is 2. The third-order valence-electron chi connectivity index (χ3n) is 4.51. The van der Waals surface area contributed by atoms with E-state index in [0.29, 0.717) is 5.92 Å². The van der Waals surface area contributed by atoms with E-state index in [1.807, 2.05) is 24.5 Å². The molecule has 0 aliphatic carbocycles. The van der Waals surface area contributed by atoms with Crippen LogP contribution >= 0.6 is 11.8 Å². The Hall–Kier alpha value is -1.79. The molecule has 0 unspecified atom stereocenters. The Kier molecular flexibility index (Phi) is 6.15. The number of para-hydroxylation sites is 1. The zero-order chi connectivity index (χ0) is 17.6. The van der Waals surface area contributed by atoms with Gasteiger partial charge in [0.2, 0.25) is 0 Å². The van der Waals surface area contributed by atoms with Gasteiger partial charge in [-0.2, -0.15) is 0 Å². The van der Waals surface area contributed by atoms with Crippen molar-refractivity contribution >= 4 is 11.8 Å². The molecule has 1 aliphatic rings. The SMILES string of the molecule is CCSc1ncc(CN2CC[C@H](c3cccc(OC)c3OC)C2)cn1. The topological polar surface area (TPSA) is 47.5 Å². The fourth-order valence-electron chi connectivity index (χ4n) is 3.35. The molecular formula is C19H25N3O2S. The number of hydrogen-bond donors (Lipinski definition) is 0. The van der Waals surface area contributed by atoms with Gasteiger partial charge < -0.3 is 9.47 Å². The fourth-order valence-corrected chi connectivity index (χ4v) is 3.86. The van der Waals surface area contributed by atoms with E-state index in [1.54, 1.807) is 26.0 Å². The minimum atomic E-state index is 0.459. The predicted octanol–water partition coefficient (Wildman–Crippen LogP) is 3.60. The van der Waals surface area contributed by atoms with Crippen molar-refractivity contribution in [1.82, 2.24) is 14.9 Å². The third-order valence-corrected chi connectivity index (χ3v) is 5.26. The minimum absolute atomic E-state index is 0.459. The van der Waals surface area contributed by atoms with Crippen molar-refractivity contribution in [2.45, 2.75) is 31.0 Å². The minimum Gasteiger partial charge on any atom is -0.493 e. The zero-order valence-electron chi connectivity index (χ0n) is 15.1. The van der Waals surface area contributed by atoms with Gasteiger partial charge in [-0.15, -0.1) is 0 Å². The number of ether oxygens (including phenoxy) is 2. The molecule has 1 aromatic heterocycles. The number of likely N-dealkylation sites (tertiary alicyclic amines) is 1. The van der Waals surface area contributed by atoms with Crippen LogP contribution in [0, 0.1) is 0 Å². The molecule has 5 nitrogen and oxygen atoms in total. The van der Waals surface area contributed by atoms with Crippen molar-refractivity contribution in [2.24, 2.45) is 0 Å². The van der Waals surface area contributed by atoms with Gasteiger partial charge in [0.25, 0.3) is 0 Å². The first-order valence-corrected chi connectivity index (χ1v) is 9.60. The quantitative estimate of drug-likeness (QED) is 0.556. The summed E-state index contributed by atoms with van der Waals surface area (Å²) in [4.78, 5) is 11.3. The summed E-state index contributed by atoms with van der Waals surface area (Å²) in [5.74, 6) is 3.12. The van der Waals surface area contributed by atoms with Gasteiger partial charge in [0, 0.05) is 42.5 Å². The highest BCUT2D eigenvalue weighted by molar-refractivity contribution is 7.99. The Morgan fingerprint density at radius 2 is 2.00 bits per heavy atom. The highest BCUT2D eigenvalue weighted by atomic mass is 32.2. The normalized spacial score (nSPS) is 17.6. The van der Waals surface area contributed by atoms with E-state index in [9.17, 15) is 0 Å². The largest absolute Gasteiger partial charge is 0.493 e. The van der Waals surface area contributed by atoms with Gasteiger partial charge in [-0.25, -0.2) is 9.97 Å². The van der Waals surface area contributed by atoms with Crippen LogP contribution in [-0.2, 0) is 6.54 Å². The molecule has 25 heavy (non-hydrogen) atoms. The van der Waals surface area contributed by atoms with Crippen LogP contribution in [0.3, 0.4) is 0 Å². The first kappa shape index (κ1) is 18.0. The molecule has 3 rings (SSSR count). The maximum Gasteiger partial charge on any atom is 0.187 e. The van der Waals surface area contributed by atoms with Crippen LogP contribution in [0.2, 0.25) is 0 Å². The zero-order valence-corrected chi connectivity index (χ0v) is 15.9. The third kappa shape index (κ3) is 4.25. The summed E-state index contributed by atoms with van der Waals surface area (Å²) in [6, 6.07) is 6.13. The van der Waals surface area contributed by atoms with Gasteiger partial charge in [0.05, 0.1) is 14.2 Å². The van der Waals surface area contributed by atoms with Crippen molar-refractivity contribution in [3.8, 4) is 11.5 Å². The number of thioether (sulfide) groups is 1. The molecule has 0 radical (unpaired) electrons. The van der Waals surface area contributed by atoms with Crippen molar-refractivity contribution in [3.05, 3.63) is 41.7 Å². The van der Waals surface area contributed by atoms with Gasteiger partial charge in [-0.1, -0.05) is 30.8 Å². The molecule has 1 saturated heterocycles. The molecule has 0 spiro atoms. The number of methoxy groups -OCH3 is 2. The molecule has 1 fully saturated rings. The monoisotopic (exact) mass is 359 g/mol. The first-order valence-electron chi connectivity index (χ1n) is 8.62. The summed E-state index contributed by atoms with van der Waals surface area (Å²) in [6.07, 6.45) is 5.02. The summed E-state index contributed by atoms with van der Waals surface area (Å²) in [7, 11) is 3.39. The fraction of sp³-hybridized carbons (Fsp3) is 0.474. The van der Waals surface area contributed by atoms with E-state index in [1.165, 1.54) is 11.1 Å². The van der Waals surface area contributed by atoms with Gasteiger partial charge in [0.15, 0.2) is 16.7 Å². The van der Waals surface area contributed by atoms with E-state index in [2.05, 4.69) is 27.9 Å². The Morgan fingerprint density at radius 1 is 1.20 bits per heavy atom. The van der Waals surface area contributed by atoms with E-state index >= 15 is 0 Å². The number of nitrogens with zero attached hydrogens (tertiary/aromatic N) is 3. The van der Waals surface area contributed by atoms with Crippen molar-refractivity contribution < 1.29 is 9.47 Å². The molecule has 1 aromatic carbocycles. The van der Waals surface area contributed by atoms with Gasteiger partial charge in [-0.3, -0.25) is 4.90 Å². The van der Waals surface area contributed by atoms with Gasteiger partial charge in [-0.05, 0) is 24.8 Å². The average molecular weight is 359 g/mol. The van der Waals surface area contributed by atoms with Crippen LogP contribution in [0.4, 0.5) is 0 Å². The molecule has 0 saturated carbocycles. The van der Waals surface area contributed by atoms with E-state index in [-0.39, 0.29) is 0 Å². The maximum atomic E-state index is 5.60. The number of hydrogen-bond acceptors (Lipinski definition) is 6. The van der Waals surface area contributed by atoms with Crippen molar-refractivity contribution in [2.75, 3.05) is 33.1 Å². The van der Waals surface area contributed by atoms with Crippen LogP contribution in [0.25, 0.3) is 0 Å². The molecule has 2 heterocycles. The number of rotatable bonds is 7. The molecule has 0 N–H and O–H groups in total. The molecule has 6 heteroatoms. The molecule has 0 bridgehead atoms. The molecule has 0 amide bonds. The van der Waals surface area contributed by atoms with Crippen LogP contribution in [0.15, 0.2) is 35.7 Å². The van der Waals surface area contributed by atoms with Crippen LogP contribution in [0.1, 0.15) is 30.4 Å². The summed E-state index contributed by atoms with van der Waals surface area (Å²) >= 11 is 1.67. The second kappa shape index (κ2) is 8.54. The highest BCUT2D eigenvalue weighted by Gasteiger charge is 2.27. The van der Waals surface area contributed by atoms with Gasteiger partial charge >= 0.3 is 0 Å². The Morgan fingerprint density at radius 3 is 2.68 bits per heavy atom. The number of benzene rings is 1. The van der Waals surface area contributed by atoms with E-state index < -0.39 is 0 Å². The van der Waals surface area contributed by atoms with E-state index in [4.69, 9.17) is 9.47 Å². The summed E-state index contributed by atoms with van der Waals surface area (Å²) in [5.41, 5.74) is 2.40. The Bertz CT molecular complexity index is 694. The summed E-state index contributed by atoms with van der Waals surface area (Å²) in [6.45, 7) is 5.07. The van der Waals surface area contributed by atoms with Crippen LogP contribution in [0.5, 0.6) is 11.5 Å². The lowest BCUT2D eigenvalue weighted by molar-refractivity contribution is 0.322. The van der Waals surface area contributed by atoms with Crippen LogP contribution in [-0.4, -0.2) is 47.9 Å². The van der Waals surface area contributed by atoms with Crippen LogP contribution < -0.4 is 9.47 Å². The summed E-state index contributed by atoms with van der Waals surface area (Å²) < 4.78 is 11.0. The second-order valence-electron chi connectivity index (χ2n) is 6.11. The Balaban J connectivity index is 1.66. The smallest absolute Gasteiger partial charge is 0.187 e. The second-order valence-corrected chi connectivity index (χ2v) is 7.34. The molecular weight excluding hydrogens is 334 g/mol. The highest BCUT2D eigenvalue weighted by Crippen LogP contribution is 2.39. The predicted molar refractivity (Wildman–Crippen MR) is 101 cm³/mol. The lowest BCUT2D eigenvalue weighted by Gasteiger charge is -2.18. The Labute approximate surface area is 153 Å². The molecule has 1 aliphatic heterocycles. The van der Waals surface area contributed by atoms with Crippen molar-refractivity contribution in [1.29, 1.82) is 0 Å². The molecule has 2 aromatic rings. The maximum absolute atomic E-state index is 5.60. The lowest BCUT2D eigenvalue weighted by atomic mass is 9.97. The molecule has 134 valence electrons. The lowest BCUT2D eigenvalue weighted by Crippen LogP contribution is -2.20. The average Bonchev–Trinajstić information content (AvgIpc) is 3.11. The van der Waals surface area contributed by atoms with Crippen molar-refractivity contribution in [3.63, 3.8) is 0 Å². The van der Waals surface area contributed by atoms with Gasteiger partial charge in [0.1, 0.15) is 0 Å². The first-order chi connectivity index (χ1) is 12.2. The van der Waals surface area contributed by atoms with E-state index in [0.717, 1.165) is 48.5 Å². The molecule has 1 atom stereocenters. The summed E-state index contributed by atoms with van der Waals surface area (Å²) in [5, 5.41) is 0.853. The standard InChI is InChI=1S/C19H25N3O2S/c1-4-25-19-20-10-14(11-21-19)12-22-9-8-15(13-22)16-6-5-7-17(23-2)18(16)24-3/h5-7,10-11,15H,4,8-9,12-13H2,1-3H3/t15-/m0/s1.